The van der Waals surface area contributed by atoms with Gasteiger partial charge in [-0.2, -0.15) is 0 Å². The van der Waals surface area contributed by atoms with Gasteiger partial charge in [0.2, 0.25) is 5.91 Å². The summed E-state index contributed by atoms with van der Waals surface area (Å²) < 4.78 is 4.75. The Morgan fingerprint density at radius 3 is 2.75 bits per heavy atom. The largest absolute Gasteiger partial charge is 0.447 e. The van der Waals surface area contributed by atoms with Gasteiger partial charge in [0, 0.05) is 31.4 Å². The lowest BCUT2D eigenvalue weighted by Gasteiger charge is -2.27. The first-order valence-corrected chi connectivity index (χ1v) is 8.64. The number of alkyl carbamates (subject to hydrolysis) is 1. The molecule has 130 valence electrons. The van der Waals surface area contributed by atoms with Crippen molar-refractivity contribution in [3.63, 3.8) is 0 Å². The van der Waals surface area contributed by atoms with Gasteiger partial charge in [-0.25, -0.2) is 9.78 Å². The standard InChI is InChI=1S/C17H24N4O3/c22-16(14-12-24-17(23)20-14)19-11-13-7-6-8-18-15(13)21-9-4-2-1-3-5-10-21/h6-8,14H,1-5,9-12H2,(H,19,22)(H,20,23)/t14-/m0/s1. The zero-order chi connectivity index (χ0) is 16.8. The number of cyclic esters (lactones) is 1. The smallest absolute Gasteiger partial charge is 0.407 e. The topological polar surface area (TPSA) is 83.6 Å². The van der Waals surface area contributed by atoms with Gasteiger partial charge >= 0.3 is 6.09 Å². The fourth-order valence-corrected chi connectivity index (χ4v) is 3.14. The van der Waals surface area contributed by atoms with Crippen LogP contribution in [0.3, 0.4) is 0 Å². The summed E-state index contributed by atoms with van der Waals surface area (Å²) >= 11 is 0. The van der Waals surface area contributed by atoms with Crippen molar-refractivity contribution in [1.82, 2.24) is 15.6 Å². The molecular weight excluding hydrogens is 308 g/mol. The molecule has 7 nitrogen and oxygen atoms in total. The number of aromatic nitrogens is 1. The van der Waals surface area contributed by atoms with E-state index in [2.05, 4.69) is 20.5 Å². The van der Waals surface area contributed by atoms with Crippen LogP contribution in [0.4, 0.5) is 10.6 Å². The van der Waals surface area contributed by atoms with E-state index in [1.165, 1.54) is 32.1 Å². The van der Waals surface area contributed by atoms with Crippen LogP contribution in [-0.4, -0.2) is 42.7 Å². The molecule has 2 aliphatic heterocycles. The molecule has 0 aliphatic carbocycles. The van der Waals surface area contributed by atoms with Crippen LogP contribution in [0.2, 0.25) is 0 Å². The van der Waals surface area contributed by atoms with Crippen molar-refractivity contribution >= 4 is 17.8 Å². The highest BCUT2D eigenvalue weighted by Gasteiger charge is 2.28. The molecule has 0 aromatic carbocycles. The van der Waals surface area contributed by atoms with Crippen LogP contribution in [-0.2, 0) is 16.1 Å². The zero-order valence-corrected chi connectivity index (χ0v) is 13.8. The number of nitrogens with zero attached hydrogens (tertiary/aromatic N) is 2. The number of hydrogen-bond acceptors (Lipinski definition) is 5. The minimum atomic E-state index is -0.612. The van der Waals surface area contributed by atoms with Crippen molar-refractivity contribution in [3.8, 4) is 0 Å². The molecule has 2 amide bonds. The van der Waals surface area contributed by atoms with E-state index in [4.69, 9.17) is 4.74 Å². The number of carbonyl (C=O) groups is 2. The summed E-state index contributed by atoms with van der Waals surface area (Å²) in [5, 5.41) is 5.35. The third-order valence-electron chi connectivity index (χ3n) is 4.47. The van der Waals surface area contributed by atoms with E-state index in [1.807, 2.05) is 12.1 Å². The van der Waals surface area contributed by atoms with Gasteiger partial charge in [0.1, 0.15) is 18.5 Å². The SMILES string of the molecule is O=C1N[C@H](C(=O)NCc2cccnc2N2CCCCCCC2)CO1. The number of ether oxygens (including phenoxy) is 1. The minimum Gasteiger partial charge on any atom is -0.447 e. The number of carbonyl (C=O) groups excluding carboxylic acids is 2. The van der Waals surface area contributed by atoms with E-state index < -0.39 is 12.1 Å². The Bertz CT molecular complexity index is 585. The van der Waals surface area contributed by atoms with Gasteiger partial charge in [-0.15, -0.1) is 0 Å². The molecule has 0 bridgehead atoms. The number of anilines is 1. The Hall–Kier alpha value is -2.31. The van der Waals surface area contributed by atoms with Crippen molar-refractivity contribution < 1.29 is 14.3 Å². The Kier molecular flexibility index (Phi) is 5.51. The summed E-state index contributed by atoms with van der Waals surface area (Å²) in [6, 6.07) is 3.26. The van der Waals surface area contributed by atoms with Gasteiger partial charge < -0.3 is 20.3 Å². The van der Waals surface area contributed by atoms with Crippen LogP contribution in [0, 0.1) is 0 Å². The average molecular weight is 332 g/mol. The monoisotopic (exact) mass is 332 g/mol. The third kappa shape index (κ3) is 4.15. The molecule has 0 spiro atoms. The molecular formula is C17H24N4O3. The molecule has 24 heavy (non-hydrogen) atoms. The molecule has 3 rings (SSSR count). The van der Waals surface area contributed by atoms with Crippen molar-refractivity contribution in [1.29, 1.82) is 0 Å². The second-order valence-electron chi connectivity index (χ2n) is 6.25. The van der Waals surface area contributed by atoms with E-state index in [9.17, 15) is 9.59 Å². The molecule has 0 radical (unpaired) electrons. The van der Waals surface area contributed by atoms with Crippen molar-refractivity contribution in [2.24, 2.45) is 0 Å². The number of rotatable bonds is 4. The maximum Gasteiger partial charge on any atom is 0.407 e. The van der Waals surface area contributed by atoms with Gasteiger partial charge in [0.25, 0.3) is 0 Å². The Balaban J connectivity index is 1.63. The highest BCUT2D eigenvalue weighted by molar-refractivity contribution is 5.87. The molecule has 1 aromatic rings. The van der Waals surface area contributed by atoms with Gasteiger partial charge in [-0.3, -0.25) is 4.79 Å². The second kappa shape index (κ2) is 7.99. The zero-order valence-electron chi connectivity index (χ0n) is 13.8. The Morgan fingerprint density at radius 1 is 1.29 bits per heavy atom. The lowest BCUT2D eigenvalue weighted by molar-refractivity contribution is -0.122. The third-order valence-corrected chi connectivity index (χ3v) is 4.47. The summed E-state index contributed by atoms with van der Waals surface area (Å²) in [7, 11) is 0. The first-order valence-electron chi connectivity index (χ1n) is 8.64. The molecule has 3 heterocycles. The Morgan fingerprint density at radius 2 is 2.04 bits per heavy atom. The first kappa shape index (κ1) is 16.5. The molecule has 2 saturated heterocycles. The maximum atomic E-state index is 12.1. The fraction of sp³-hybridized carbons (Fsp3) is 0.588. The van der Waals surface area contributed by atoms with Crippen LogP contribution < -0.4 is 15.5 Å². The quantitative estimate of drug-likeness (QED) is 0.874. The summed E-state index contributed by atoms with van der Waals surface area (Å²) in [5.74, 6) is 0.717. The minimum absolute atomic E-state index is 0.0800. The summed E-state index contributed by atoms with van der Waals surface area (Å²) in [6.45, 7) is 2.48. The molecule has 0 saturated carbocycles. The lowest BCUT2D eigenvalue weighted by atomic mass is 10.1. The molecule has 2 aliphatic rings. The average Bonchev–Trinajstić information content (AvgIpc) is 2.99. The predicted molar refractivity (Wildman–Crippen MR) is 89.7 cm³/mol. The van der Waals surface area contributed by atoms with E-state index in [0.29, 0.717) is 6.54 Å². The Labute approximate surface area is 141 Å². The number of amides is 2. The molecule has 1 atom stereocenters. The normalized spacial score (nSPS) is 21.4. The number of nitrogens with one attached hydrogen (secondary N) is 2. The van der Waals surface area contributed by atoms with E-state index >= 15 is 0 Å². The highest BCUT2D eigenvalue weighted by Crippen LogP contribution is 2.21. The number of pyridine rings is 1. The van der Waals surface area contributed by atoms with E-state index in [0.717, 1.165) is 24.5 Å². The maximum absolute atomic E-state index is 12.1. The van der Waals surface area contributed by atoms with Crippen LogP contribution in [0.5, 0.6) is 0 Å². The predicted octanol–water partition coefficient (Wildman–Crippen LogP) is 1.58. The van der Waals surface area contributed by atoms with Gasteiger partial charge in [-0.1, -0.05) is 25.3 Å². The van der Waals surface area contributed by atoms with Crippen LogP contribution >= 0.6 is 0 Å². The molecule has 2 fully saturated rings. The van der Waals surface area contributed by atoms with Crippen LogP contribution in [0.15, 0.2) is 18.3 Å². The molecule has 1 aromatic heterocycles. The van der Waals surface area contributed by atoms with Gasteiger partial charge in [-0.05, 0) is 18.9 Å². The summed E-state index contributed by atoms with van der Waals surface area (Å²) in [5.41, 5.74) is 0.997. The molecule has 7 heteroatoms. The summed E-state index contributed by atoms with van der Waals surface area (Å²) in [4.78, 5) is 30.0. The van der Waals surface area contributed by atoms with Crippen molar-refractivity contribution in [2.75, 3.05) is 24.6 Å². The van der Waals surface area contributed by atoms with Gasteiger partial charge in [0.05, 0.1) is 0 Å². The second-order valence-corrected chi connectivity index (χ2v) is 6.25. The number of hydrogen-bond donors (Lipinski definition) is 2. The first-order chi connectivity index (χ1) is 11.7. The van der Waals surface area contributed by atoms with Gasteiger partial charge in [0.15, 0.2) is 0 Å². The van der Waals surface area contributed by atoms with Crippen molar-refractivity contribution in [3.05, 3.63) is 23.9 Å². The fourth-order valence-electron chi connectivity index (χ4n) is 3.14. The molecule has 2 N–H and O–H groups in total. The lowest BCUT2D eigenvalue weighted by Crippen LogP contribution is -2.42. The van der Waals surface area contributed by atoms with Crippen molar-refractivity contribution in [2.45, 2.75) is 44.7 Å². The summed E-state index contributed by atoms with van der Waals surface area (Å²) in [6.07, 6.45) is 7.44. The molecule has 0 unspecified atom stereocenters. The highest BCUT2D eigenvalue weighted by atomic mass is 16.6. The van der Waals surface area contributed by atoms with E-state index in [-0.39, 0.29) is 12.5 Å². The van der Waals surface area contributed by atoms with Crippen LogP contribution in [0.25, 0.3) is 0 Å². The van der Waals surface area contributed by atoms with Crippen LogP contribution in [0.1, 0.15) is 37.7 Å². The van der Waals surface area contributed by atoms with E-state index in [1.54, 1.807) is 6.20 Å².